The molecule has 0 bridgehead atoms. The number of ketones is 2. The van der Waals surface area contributed by atoms with E-state index >= 15 is 0 Å². The van der Waals surface area contributed by atoms with Gasteiger partial charge < -0.3 is 16.6 Å². The highest BCUT2D eigenvalue weighted by Crippen LogP contribution is 2.35. The van der Waals surface area contributed by atoms with Gasteiger partial charge in [0.05, 0.1) is 20.6 Å². The third-order valence-electron chi connectivity index (χ3n) is 8.32. The normalized spacial score (nSPS) is 12.6. The minimum Gasteiger partial charge on any atom is -0.360 e. The summed E-state index contributed by atoms with van der Waals surface area (Å²) in [6.45, 7) is 14.5. The summed E-state index contributed by atoms with van der Waals surface area (Å²) in [7, 11) is -12.8. The molecule has 288 valence electrons. The van der Waals surface area contributed by atoms with Crippen LogP contribution >= 0.6 is 0 Å². The number of carbonyl (C=O) groups is 2. The smallest absolute Gasteiger partial charge is 0.360 e. The van der Waals surface area contributed by atoms with Gasteiger partial charge in [0.1, 0.15) is 0 Å². The van der Waals surface area contributed by atoms with Crippen LogP contribution in [0.4, 0.5) is 0 Å². The molecule has 0 spiro atoms. The lowest BCUT2D eigenvalue weighted by Gasteiger charge is -2.26. The number of carbonyl (C=O) groups excluding carboxylic acids is 2. The van der Waals surface area contributed by atoms with E-state index in [1.54, 1.807) is 78.8 Å². The van der Waals surface area contributed by atoms with Crippen LogP contribution in [0.25, 0.3) is 16.6 Å². The molecule has 3 rings (SSSR count). The first-order chi connectivity index (χ1) is 24.8. The highest BCUT2D eigenvalue weighted by molar-refractivity contribution is 8.08. The van der Waals surface area contributed by atoms with Gasteiger partial charge in [-0.15, -0.1) is 9.58 Å². The monoisotopic (exact) mass is 796 g/mol. The fraction of sp³-hybridized carbons (Fsp3) is 0.378. The number of hydrogen-bond acceptors (Lipinski definition) is 8. The van der Waals surface area contributed by atoms with E-state index in [1.165, 1.54) is 62.4 Å². The summed E-state index contributed by atoms with van der Waals surface area (Å²) in [5, 5.41) is -2.42. The zero-order valence-corrected chi connectivity index (χ0v) is 34.0. The molecule has 0 saturated heterocycles. The summed E-state index contributed by atoms with van der Waals surface area (Å²) in [6, 6.07) is 19.1. The molecule has 3 aromatic carbocycles. The van der Waals surface area contributed by atoms with E-state index in [-0.39, 0.29) is 21.1 Å². The molecule has 14 nitrogen and oxygen atoms in total. The molecule has 0 aliphatic carbocycles. The molecule has 1 atom stereocenters. The lowest BCUT2D eigenvalue weighted by molar-refractivity contribution is -0.125. The Morgan fingerprint density at radius 2 is 0.944 bits per heavy atom. The second-order valence-electron chi connectivity index (χ2n) is 14.5. The maximum atomic E-state index is 13.4. The summed E-state index contributed by atoms with van der Waals surface area (Å²) in [5.41, 5.74) is 27.3. The van der Waals surface area contributed by atoms with Gasteiger partial charge >= 0.3 is 15.1 Å². The number of nitrogens with zero attached hydrogens (tertiary/aromatic N) is 6. The highest BCUT2D eigenvalue weighted by Gasteiger charge is 2.50. The topological polar surface area (TPSA) is 246 Å². The van der Waals surface area contributed by atoms with Crippen LogP contribution in [-0.4, -0.2) is 66.3 Å². The van der Waals surface area contributed by atoms with Crippen molar-refractivity contribution in [1.29, 1.82) is 0 Å². The Labute approximate surface area is 316 Å². The molecule has 0 aliphatic heterocycles. The van der Waals surface area contributed by atoms with Gasteiger partial charge in [-0.2, -0.15) is 4.79 Å². The van der Waals surface area contributed by atoms with Gasteiger partial charge in [0.2, 0.25) is 0 Å². The number of sulfone groups is 3. The lowest BCUT2D eigenvalue weighted by Crippen LogP contribution is -2.41. The molecule has 0 aliphatic rings. The molecule has 0 saturated carbocycles. The van der Waals surface area contributed by atoms with Crippen LogP contribution in [0.3, 0.4) is 0 Å². The molecule has 54 heavy (non-hydrogen) atoms. The van der Waals surface area contributed by atoms with E-state index in [9.17, 15) is 45.9 Å². The average Bonchev–Trinajstić information content (AvgIpc) is 3.09. The summed E-state index contributed by atoms with van der Waals surface area (Å²) in [6.07, 6.45) is -0.198. The van der Waals surface area contributed by atoms with Crippen LogP contribution in [0.5, 0.6) is 0 Å². The van der Waals surface area contributed by atoms with E-state index < -0.39 is 78.9 Å². The van der Waals surface area contributed by atoms with Gasteiger partial charge in [0.25, 0.3) is 41.1 Å². The Kier molecular flexibility index (Phi) is 14.6. The molecule has 0 radical (unpaired) electrons. The van der Waals surface area contributed by atoms with Crippen molar-refractivity contribution >= 4 is 56.2 Å². The summed E-state index contributed by atoms with van der Waals surface area (Å²) in [5.74, 6) is -3.09. The van der Waals surface area contributed by atoms with Gasteiger partial charge in [-0.25, -0.2) is 25.3 Å². The molecule has 17 heteroatoms. The largest absolute Gasteiger partial charge is 0.452 e. The third kappa shape index (κ3) is 10.4. The fourth-order valence-corrected chi connectivity index (χ4v) is 9.35. The zero-order valence-electron chi connectivity index (χ0n) is 31.5. The van der Waals surface area contributed by atoms with E-state index in [0.29, 0.717) is 0 Å². The molecule has 0 heterocycles. The van der Waals surface area contributed by atoms with Crippen LogP contribution in [0.2, 0.25) is 0 Å². The van der Waals surface area contributed by atoms with Crippen molar-refractivity contribution in [2.24, 2.45) is 22.7 Å². The Balaban J connectivity index is 0.000000469. The van der Waals surface area contributed by atoms with Gasteiger partial charge in [-0.1, -0.05) is 102 Å². The predicted molar refractivity (Wildman–Crippen MR) is 202 cm³/mol. The lowest BCUT2D eigenvalue weighted by atomic mass is 9.76. The quantitative estimate of drug-likeness (QED) is 0.105. The molecular formula is C37H44N6O8S3. The van der Waals surface area contributed by atoms with Crippen molar-refractivity contribution in [1.82, 2.24) is 0 Å². The number of hydrogen-bond donors (Lipinski definition) is 0. The van der Waals surface area contributed by atoms with Crippen LogP contribution < -0.4 is 0 Å². The molecule has 1 unspecified atom stereocenters. The van der Waals surface area contributed by atoms with Crippen molar-refractivity contribution in [3.05, 3.63) is 107 Å². The van der Waals surface area contributed by atoms with Gasteiger partial charge in [-0.05, 0) is 62.6 Å². The van der Waals surface area contributed by atoms with Gasteiger partial charge in [0, 0.05) is 10.8 Å². The number of aryl methyl sites for hydroxylation is 2. The predicted octanol–water partition coefficient (Wildman–Crippen LogP) is 5.77. The van der Waals surface area contributed by atoms with Crippen LogP contribution in [0.15, 0.2) is 93.5 Å². The maximum Gasteiger partial charge on any atom is 0.452 e. The van der Waals surface area contributed by atoms with Gasteiger partial charge in [-0.3, -0.25) is 9.59 Å². The molecule has 3 aromatic rings. The number of benzene rings is 3. The molecule has 0 fully saturated rings. The second kappa shape index (κ2) is 17.4. The fourth-order valence-electron chi connectivity index (χ4n) is 5.01. The van der Waals surface area contributed by atoms with Crippen molar-refractivity contribution < 1.29 is 49.2 Å². The van der Waals surface area contributed by atoms with E-state index in [4.69, 9.17) is 5.53 Å². The summed E-state index contributed by atoms with van der Waals surface area (Å²) in [4.78, 5) is 33.6. The molecule has 0 N–H and O–H groups in total. The van der Waals surface area contributed by atoms with Crippen molar-refractivity contribution in [2.45, 2.75) is 83.4 Å². The van der Waals surface area contributed by atoms with Crippen molar-refractivity contribution in [3.63, 3.8) is 0 Å². The Morgan fingerprint density at radius 3 is 1.30 bits per heavy atom. The second-order valence-corrected chi connectivity index (χ2v) is 20.2. The SMILES string of the molecule is CC(C)(C)C(=O)C(=[N+]=[N-])S(=O)(=O)c1ccccc1.Cc1ccc(S(=O)(=O)C(=[N+]=[N-])C(=O)C(C)(C)CC(C(=[N+]=[N-])S(=O)(=O)c2ccc(C)cc2)C(C)C)cc1. The van der Waals surface area contributed by atoms with Crippen LogP contribution in [0.1, 0.15) is 66.0 Å². The maximum absolute atomic E-state index is 13.4. The Hall–Kier alpha value is -5.01. The summed E-state index contributed by atoms with van der Waals surface area (Å²) >= 11 is 0. The highest BCUT2D eigenvalue weighted by atomic mass is 32.2. The number of Topliss-reactive ketones (excluding diaryl/α,β-unsaturated/α-hetero) is 2. The first-order valence-corrected chi connectivity index (χ1v) is 20.9. The minimum absolute atomic E-state index is 0.0737. The van der Waals surface area contributed by atoms with Crippen molar-refractivity contribution in [3.8, 4) is 0 Å². The third-order valence-corrected chi connectivity index (χ3v) is 13.5. The van der Waals surface area contributed by atoms with Crippen LogP contribution in [0, 0.1) is 36.5 Å². The van der Waals surface area contributed by atoms with Crippen LogP contribution in [-0.2, 0) is 39.1 Å². The zero-order chi connectivity index (χ0) is 41.4. The Morgan fingerprint density at radius 1 is 0.574 bits per heavy atom. The first-order valence-electron chi connectivity index (χ1n) is 16.5. The molecular weight excluding hydrogens is 753 g/mol. The van der Waals surface area contributed by atoms with Gasteiger partial charge in [0.15, 0.2) is 0 Å². The van der Waals surface area contributed by atoms with E-state index in [0.717, 1.165) is 11.1 Å². The molecule has 0 aromatic heterocycles. The average molecular weight is 797 g/mol. The van der Waals surface area contributed by atoms with E-state index in [1.807, 2.05) is 0 Å². The standard InChI is InChI=1S/C25H30N4O5S2.C12H14N2O3S/c1-16(2)21(23(28-26)35(31,32)19-11-7-17(3)8-12-19)15-25(5,6)22(30)24(29-27)36(33,34)20-13-9-18(4)10-14-20;1-12(2,3)10(15)11(14-13)18(16,17)9-7-5-4-6-8-9/h7-14,16,21H,15H2,1-6H3;4-8H,1-3H3. The van der Waals surface area contributed by atoms with Crippen molar-refractivity contribution in [2.75, 3.05) is 0 Å². The Bertz CT molecular complexity index is 2380. The molecule has 0 amide bonds. The number of rotatable bonds is 10. The minimum atomic E-state index is -4.46. The first kappa shape index (κ1) is 45.1. The summed E-state index contributed by atoms with van der Waals surface area (Å²) < 4.78 is 77.0. The van der Waals surface area contributed by atoms with E-state index in [2.05, 4.69) is 14.4 Å².